The molecule has 5 rings (SSSR count). The van der Waals surface area contributed by atoms with Gasteiger partial charge in [-0.15, -0.1) is 0 Å². The molecule has 0 radical (unpaired) electrons. The highest BCUT2D eigenvalue weighted by atomic mass is 32.2. The van der Waals surface area contributed by atoms with Gasteiger partial charge in [0, 0.05) is 17.3 Å². The van der Waals surface area contributed by atoms with E-state index in [-0.39, 0.29) is 41.7 Å². The van der Waals surface area contributed by atoms with Crippen molar-refractivity contribution < 1.29 is 44.6 Å². The summed E-state index contributed by atoms with van der Waals surface area (Å²) in [6.45, 7) is -0.0262. The highest BCUT2D eigenvalue weighted by Crippen LogP contribution is 2.36. The van der Waals surface area contributed by atoms with Crippen molar-refractivity contribution in [2.45, 2.75) is 23.5 Å². The fraction of sp³-hybridized carbons (Fsp3) is 0.179. The minimum atomic E-state index is -5.60. The van der Waals surface area contributed by atoms with Gasteiger partial charge in [-0.05, 0) is 48.5 Å². The monoisotopic (exact) mass is 620 g/mol. The third kappa shape index (κ3) is 5.55. The zero-order valence-corrected chi connectivity index (χ0v) is 23.2. The molecule has 1 aromatic heterocycles. The van der Waals surface area contributed by atoms with Crippen LogP contribution in [0.4, 0.5) is 33.5 Å². The second-order valence-electron chi connectivity index (χ2n) is 9.25. The number of fused-ring (bicyclic) bond motifs is 1. The van der Waals surface area contributed by atoms with E-state index >= 15 is 0 Å². The first kappa shape index (κ1) is 29.7. The largest absolute Gasteiger partial charge is 0.501 e. The minimum Gasteiger partial charge on any atom is -0.497 e. The number of aromatic nitrogens is 2. The van der Waals surface area contributed by atoms with Gasteiger partial charge in [0.15, 0.2) is 5.82 Å². The van der Waals surface area contributed by atoms with E-state index in [0.29, 0.717) is 17.1 Å². The van der Waals surface area contributed by atoms with Crippen LogP contribution in [0.5, 0.6) is 11.5 Å². The summed E-state index contributed by atoms with van der Waals surface area (Å²) in [4.78, 5) is 22.5. The van der Waals surface area contributed by atoms with Gasteiger partial charge in [-0.3, -0.25) is 4.79 Å². The Kier molecular flexibility index (Phi) is 7.69. The van der Waals surface area contributed by atoms with Gasteiger partial charge in [-0.1, -0.05) is 6.07 Å². The number of methoxy groups -OCH3 is 2. The number of carbonyl (C=O) groups is 1. The van der Waals surface area contributed by atoms with Crippen molar-refractivity contribution in [3.8, 4) is 22.9 Å². The molecule has 4 aromatic rings. The Morgan fingerprint density at radius 3 is 2.21 bits per heavy atom. The number of amides is 1. The summed E-state index contributed by atoms with van der Waals surface area (Å²) in [6.07, 6.45) is 0. The van der Waals surface area contributed by atoms with Crippen molar-refractivity contribution in [3.05, 3.63) is 89.1 Å². The number of rotatable bonds is 8. The quantitative estimate of drug-likeness (QED) is 0.253. The van der Waals surface area contributed by atoms with Gasteiger partial charge in [0.05, 0.1) is 43.5 Å². The highest BCUT2D eigenvalue weighted by molar-refractivity contribution is 7.92. The van der Waals surface area contributed by atoms with Crippen molar-refractivity contribution in [2.75, 3.05) is 19.5 Å². The topological polar surface area (TPSA) is 111 Å². The number of alkyl halides is 3. The van der Waals surface area contributed by atoms with E-state index in [1.807, 2.05) is 0 Å². The lowest BCUT2D eigenvalue weighted by Crippen LogP contribution is -2.24. The molecule has 224 valence electrons. The third-order valence-corrected chi connectivity index (χ3v) is 8.10. The summed E-state index contributed by atoms with van der Waals surface area (Å²) < 4.78 is 102. The molecule has 0 saturated heterocycles. The number of nitrogens with one attached hydrogen (secondary N) is 1. The molecule has 0 fully saturated rings. The van der Waals surface area contributed by atoms with Crippen LogP contribution in [0.15, 0.2) is 65.6 Å². The van der Waals surface area contributed by atoms with Gasteiger partial charge >= 0.3 is 5.51 Å². The first-order valence-electron chi connectivity index (χ1n) is 12.4. The van der Waals surface area contributed by atoms with E-state index < -0.39 is 43.3 Å². The van der Waals surface area contributed by atoms with Crippen LogP contribution in [-0.4, -0.2) is 48.9 Å². The Labute approximate surface area is 241 Å². The van der Waals surface area contributed by atoms with Gasteiger partial charge < -0.3 is 19.7 Å². The minimum absolute atomic E-state index is 0.0417. The fourth-order valence-electron chi connectivity index (χ4n) is 4.47. The van der Waals surface area contributed by atoms with Gasteiger partial charge in [0.1, 0.15) is 34.5 Å². The SMILES string of the molecule is COc1ccc(CN2Cc3nc(-c4c(F)cccc4F)nc(Nc4ccc(S(=O)(=O)C(F)(F)F)cc4)c3C2=O)c(OC)c1. The molecular weight excluding hydrogens is 599 g/mol. The standard InChI is InChI=1S/C28H21F5N4O5S/c1-41-17-9-6-15(22(12-17)42-2)13-37-14-21-24(27(37)38)26(36-25(35-21)23-19(29)4-3-5-20(23)30)34-16-7-10-18(11-8-16)43(39,40)28(31,32)33/h3-12H,13-14H2,1-2H3,(H,34,35,36). The second kappa shape index (κ2) is 11.1. The normalized spacial score (nSPS) is 13.2. The Morgan fingerprint density at radius 2 is 1.60 bits per heavy atom. The van der Waals surface area contributed by atoms with E-state index in [1.54, 1.807) is 18.2 Å². The van der Waals surface area contributed by atoms with Crippen molar-refractivity contribution in [2.24, 2.45) is 0 Å². The number of benzene rings is 3. The first-order chi connectivity index (χ1) is 20.3. The molecule has 0 saturated carbocycles. The maximum atomic E-state index is 14.7. The van der Waals surface area contributed by atoms with E-state index in [2.05, 4.69) is 15.3 Å². The summed E-state index contributed by atoms with van der Waals surface area (Å²) in [7, 11) is -2.66. The van der Waals surface area contributed by atoms with Crippen LogP contribution in [0.1, 0.15) is 21.6 Å². The average Bonchev–Trinajstić information content (AvgIpc) is 3.27. The number of hydrogen-bond donors (Lipinski definition) is 1. The number of hydrogen-bond acceptors (Lipinski definition) is 8. The Hall–Kier alpha value is -4.79. The zero-order chi connectivity index (χ0) is 31.1. The maximum Gasteiger partial charge on any atom is 0.501 e. The summed E-state index contributed by atoms with van der Waals surface area (Å²) >= 11 is 0. The number of ether oxygens (including phenoxy) is 2. The summed E-state index contributed by atoms with van der Waals surface area (Å²) in [5, 5.41) is 2.76. The number of anilines is 2. The maximum absolute atomic E-state index is 14.7. The lowest BCUT2D eigenvalue weighted by atomic mass is 10.1. The predicted octanol–water partition coefficient (Wildman–Crippen LogP) is 5.63. The van der Waals surface area contributed by atoms with Crippen molar-refractivity contribution >= 4 is 27.2 Å². The van der Waals surface area contributed by atoms with Gasteiger partial charge in [0.25, 0.3) is 15.7 Å². The molecule has 1 N–H and O–H groups in total. The smallest absolute Gasteiger partial charge is 0.497 e. The number of nitrogens with zero attached hydrogens (tertiary/aromatic N) is 3. The van der Waals surface area contributed by atoms with Crippen LogP contribution < -0.4 is 14.8 Å². The van der Waals surface area contributed by atoms with E-state index in [9.17, 15) is 35.2 Å². The van der Waals surface area contributed by atoms with Crippen molar-refractivity contribution in [1.82, 2.24) is 14.9 Å². The summed E-state index contributed by atoms with van der Waals surface area (Å²) in [6, 6.07) is 11.7. The van der Waals surface area contributed by atoms with Gasteiger partial charge in [-0.2, -0.15) is 13.2 Å². The Balaban J connectivity index is 1.55. The number of sulfone groups is 1. The van der Waals surface area contributed by atoms with E-state index in [1.165, 1.54) is 19.1 Å². The van der Waals surface area contributed by atoms with Gasteiger partial charge in [-0.25, -0.2) is 27.2 Å². The Morgan fingerprint density at radius 1 is 0.930 bits per heavy atom. The van der Waals surface area contributed by atoms with Crippen LogP contribution in [0.3, 0.4) is 0 Å². The molecule has 0 unspecified atom stereocenters. The molecular formula is C28H21F5N4O5S. The highest BCUT2D eigenvalue weighted by Gasteiger charge is 2.46. The molecule has 43 heavy (non-hydrogen) atoms. The van der Waals surface area contributed by atoms with E-state index in [4.69, 9.17) is 9.47 Å². The second-order valence-corrected chi connectivity index (χ2v) is 11.2. The van der Waals surface area contributed by atoms with Crippen LogP contribution in [0, 0.1) is 11.6 Å². The molecule has 15 heteroatoms. The zero-order valence-electron chi connectivity index (χ0n) is 22.4. The van der Waals surface area contributed by atoms with Crippen molar-refractivity contribution in [3.63, 3.8) is 0 Å². The predicted molar refractivity (Wildman–Crippen MR) is 143 cm³/mol. The number of carbonyl (C=O) groups excluding carboxylic acids is 1. The molecule has 3 aromatic carbocycles. The molecule has 0 bridgehead atoms. The van der Waals surface area contributed by atoms with Crippen LogP contribution >= 0.6 is 0 Å². The van der Waals surface area contributed by atoms with Crippen LogP contribution in [0.25, 0.3) is 11.4 Å². The molecule has 1 aliphatic rings. The lowest BCUT2D eigenvalue weighted by molar-refractivity contribution is -0.0436. The van der Waals surface area contributed by atoms with E-state index in [0.717, 1.165) is 42.5 Å². The van der Waals surface area contributed by atoms with Crippen LogP contribution in [0.2, 0.25) is 0 Å². The van der Waals surface area contributed by atoms with Crippen molar-refractivity contribution in [1.29, 1.82) is 0 Å². The summed E-state index contributed by atoms with van der Waals surface area (Å²) in [5.41, 5.74) is -5.30. The lowest BCUT2D eigenvalue weighted by Gasteiger charge is -2.18. The molecule has 1 amide bonds. The molecule has 2 heterocycles. The van der Waals surface area contributed by atoms with Gasteiger partial charge in [0.2, 0.25) is 0 Å². The molecule has 0 atom stereocenters. The molecule has 9 nitrogen and oxygen atoms in total. The summed E-state index contributed by atoms with van der Waals surface area (Å²) in [5.74, 6) is -2.08. The Bertz CT molecular complexity index is 1810. The molecule has 0 spiro atoms. The third-order valence-electron chi connectivity index (χ3n) is 6.60. The fourth-order valence-corrected chi connectivity index (χ4v) is 5.24. The molecule has 1 aliphatic heterocycles. The number of halogens is 5. The average molecular weight is 621 g/mol. The molecule has 0 aliphatic carbocycles. The van der Waals surface area contributed by atoms with Crippen LogP contribution in [-0.2, 0) is 22.9 Å². The first-order valence-corrected chi connectivity index (χ1v) is 13.9.